The standard InChI is InChI=1S/C12H24N4O3/c1-4-16(5-2)8-10(13)12-14-11(19-15-12)9-18-7-6-17-3/h10H,4-9,13H2,1-3H3. The van der Waals surface area contributed by atoms with E-state index in [1.165, 1.54) is 0 Å². The molecule has 0 radical (unpaired) electrons. The van der Waals surface area contributed by atoms with Gasteiger partial charge in [0.2, 0.25) is 0 Å². The predicted octanol–water partition coefficient (Wildman–Crippen LogP) is 0.574. The third-order valence-corrected chi connectivity index (χ3v) is 2.82. The lowest BCUT2D eigenvalue weighted by molar-refractivity contribution is 0.0494. The summed E-state index contributed by atoms with van der Waals surface area (Å²) in [6.45, 7) is 8.15. The molecular formula is C12H24N4O3. The van der Waals surface area contributed by atoms with Gasteiger partial charge < -0.3 is 24.6 Å². The number of methoxy groups -OCH3 is 1. The van der Waals surface area contributed by atoms with E-state index in [0.717, 1.165) is 19.6 Å². The van der Waals surface area contributed by atoms with Crippen molar-refractivity contribution in [1.29, 1.82) is 0 Å². The molecule has 1 aromatic rings. The van der Waals surface area contributed by atoms with Crippen LogP contribution in [0.25, 0.3) is 0 Å². The van der Waals surface area contributed by atoms with Crippen molar-refractivity contribution in [2.75, 3.05) is 40.0 Å². The topological polar surface area (TPSA) is 86.6 Å². The van der Waals surface area contributed by atoms with Crippen LogP contribution in [0.4, 0.5) is 0 Å². The van der Waals surface area contributed by atoms with E-state index in [1.54, 1.807) is 7.11 Å². The maximum absolute atomic E-state index is 6.05. The molecule has 110 valence electrons. The summed E-state index contributed by atoms with van der Waals surface area (Å²) in [4.78, 5) is 6.45. The zero-order valence-electron chi connectivity index (χ0n) is 12.0. The molecule has 1 atom stereocenters. The van der Waals surface area contributed by atoms with E-state index in [2.05, 4.69) is 28.9 Å². The van der Waals surface area contributed by atoms with Crippen molar-refractivity contribution in [3.05, 3.63) is 11.7 Å². The van der Waals surface area contributed by atoms with Crippen LogP contribution in [0.5, 0.6) is 0 Å². The molecule has 7 nitrogen and oxygen atoms in total. The molecule has 0 aromatic carbocycles. The Morgan fingerprint density at radius 1 is 1.32 bits per heavy atom. The number of nitrogens with two attached hydrogens (primary N) is 1. The number of hydrogen-bond acceptors (Lipinski definition) is 7. The van der Waals surface area contributed by atoms with Gasteiger partial charge in [-0.3, -0.25) is 0 Å². The Morgan fingerprint density at radius 2 is 2.05 bits per heavy atom. The Labute approximate surface area is 114 Å². The monoisotopic (exact) mass is 272 g/mol. The summed E-state index contributed by atoms with van der Waals surface area (Å²) in [5, 5.41) is 3.89. The Balaban J connectivity index is 2.40. The molecule has 1 unspecified atom stereocenters. The summed E-state index contributed by atoms with van der Waals surface area (Å²) in [5.41, 5.74) is 6.05. The van der Waals surface area contributed by atoms with Crippen molar-refractivity contribution in [3.8, 4) is 0 Å². The lowest BCUT2D eigenvalue weighted by atomic mass is 10.2. The summed E-state index contributed by atoms with van der Waals surface area (Å²) in [5.74, 6) is 0.971. The van der Waals surface area contributed by atoms with Crippen LogP contribution in [0, 0.1) is 0 Å². The average Bonchev–Trinajstić information content (AvgIpc) is 2.89. The molecule has 0 amide bonds. The summed E-state index contributed by atoms with van der Waals surface area (Å²) in [6, 6.07) is -0.239. The van der Waals surface area contributed by atoms with Gasteiger partial charge in [0, 0.05) is 13.7 Å². The van der Waals surface area contributed by atoms with Gasteiger partial charge in [-0.25, -0.2) is 0 Å². The molecular weight excluding hydrogens is 248 g/mol. The zero-order chi connectivity index (χ0) is 14.1. The first-order valence-electron chi connectivity index (χ1n) is 6.58. The summed E-state index contributed by atoms with van der Waals surface area (Å²) >= 11 is 0. The highest BCUT2D eigenvalue weighted by Crippen LogP contribution is 2.09. The zero-order valence-corrected chi connectivity index (χ0v) is 12.0. The number of rotatable bonds is 10. The molecule has 0 aliphatic rings. The second-order valence-electron chi connectivity index (χ2n) is 4.18. The highest BCUT2D eigenvalue weighted by atomic mass is 16.5. The van der Waals surface area contributed by atoms with Gasteiger partial charge in [-0.2, -0.15) is 4.98 Å². The van der Waals surface area contributed by atoms with Crippen LogP contribution in [0.15, 0.2) is 4.52 Å². The fraction of sp³-hybridized carbons (Fsp3) is 0.833. The number of aromatic nitrogens is 2. The second kappa shape index (κ2) is 8.98. The highest BCUT2D eigenvalue weighted by Gasteiger charge is 2.16. The van der Waals surface area contributed by atoms with Crippen molar-refractivity contribution >= 4 is 0 Å². The Morgan fingerprint density at radius 3 is 2.68 bits per heavy atom. The van der Waals surface area contributed by atoms with Gasteiger partial charge in [0.15, 0.2) is 5.82 Å². The third-order valence-electron chi connectivity index (χ3n) is 2.82. The molecule has 7 heteroatoms. The highest BCUT2D eigenvalue weighted by molar-refractivity contribution is 4.93. The van der Waals surface area contributed by atoms with Crippen molar-refractivity contribution in [2.45, 2.75) is 26.5 Å². The minimum atomic E-state index is -0.239. The van der Waals surface area contributed by atoms with E-state index in [0.29, 0.717) is 24.9 Å². The quantitative estimate of drug-likeness (QED) is 0.623. The molecule has 19 heavy (non-hydrogen) atoms. The van der Waals surface area contributed by atoms with Crippen LogP contribution in [-0.2, 0) is 16.1 Å². The summed E-state index contributed by atoms with van der Waals surface area (Å²) < 4.78 is 15.3. The predicted molar refractivity (Wildman–Crippen MR) is 70.5 cm³/mol. The minimum Gasteiger partial charge on any atom is -0.382 e. The van der Waals surface area contributed by atoms with E-state index >= 15 is 0 Å². The van der Waals surface area contributed by atoms with Crippen LogP contribution in [0.3, 0.4) is 0 Å². The normalized spacial score (nSPS) is 13.1. The second-order valence-corrected chi connectivity index (χ2v) is 4.18. The number of nitrogens with zero attached hydrogens (tertiary/aromatic N) is 3. The van der Waals surface area contributed by atoms with Gasteiger partial charge in [-0.15, -0.1) is 0 Å². The maximum atomic E-state index is 6.05. The SMILES string of the molecule is CCN(CC)CC(N)c1noc(COCCOC)n1. The fourth-order valence-electron chi connectivity index (χ4n) is 1.62. The van der Waals surface area contributed by atoms with Gasteiger partial charge in [-0.1, -0.05) is 19.0 Å². The first-order chi connectivity index (χ1) is 9.21. The molecule has 0 spiro atoms. The van der Waals surface area contributed by atoms with E-state index < -0.39 is 0 Å². The first-order valence-corrected chi connectivity index (χ1v) is 6.58. The van der Waals surface area contributed by atoms with Crippen LogP contribution in [-0.4, -0.2) is 55.0 Å². The van der Waals surface area contributed by atoms with Crippen molar-refractivity contribution in [2.24, 2.45) is 5.73 Å². The number of ether oxygens (including phenoxy) is 2. The minimum absolute atomic E-state index is 0.239. The van der Waals surface area contributed by atoms with Gasteiger partial charge in [-0.05, 0) is 13.1 Å². The first kappa shape index (κ1) is 16.0. The lowest BCUT2D eigenvalue weighted by Crippen LogP contribution is -2.32. The van der Waals surface area contributed by atoms with Gasteiger partial charge in [0.1, 0.15) is 6.61 Å². The van der Waals surface area contributed by atoms with Crippen LogP contribution < -0.4 is 5.73 Å². The molecule has 0 bridgehead atoms. The van der Waals surface area contributed by atoms with Crippen LogP contribution >= 0.6 is 0 Å². The van der Waals surface area contributed by atoms with Crippen LogP contribution in [0.1, 0.15) is 31.6 Å². The molecule has 1 aromatic heterocycles. The fourth-order valence-corrected chi connectivity index (χ4v) is 1.62. The molecule has 1 heterocycles. The Kier molecular flexibility index (Phi) is 7.57. The van der Waals surface area contributed by atoms with E-state index in [-0.39, 0.29) is 12.6 Å². The summed E-state index contributed by atoms with van der Waals surface area (Å²) in [6.07, 6.45) is 0. The van der Waals surface area contributed by atoms with Crippen molar-refractivity contribution < 1.29 is 14.0 Å². The van der Waals surface area contributed by atoms with Crippen molar-refractivity contribution in [1.82, 2.24) is 15.0 Å². The molecule has 0 aliphatic carbocycles. The third kappa shape index (κ3) is 5.65. The average molecular weight is 272 g/mol. The largest absolute Gasteiger partial charge is 0.382 e. The Bertz CT molecular complexity index is 341. The molecule has 0 aliphatic heterocycles. The molecule has 0 saturated heterocycles. The number of hydrogen-bond donors (Lipinski definition) is 1. The molecule has 0 fully saturated rings. The van der Waals surface area contributed by atoms with Gasteiger partial charge >= 0.3 is 0 Å². The lowest BCUT2D eigenvalue weighted by Gasteiger charge is -2.20. The van der Waals surface area contributed by atoms with Gasteiger partial charge in [0.25, 0.3) is 5.89 Å². The summed E-state index contributed by atoms with van der Waals surface area (Å²) in [7, 11) is 1.63. The molecule has 2 N–H and O–H groups in total. The van der Waals surface area contributed by atoms with E-state index in [9.17, 15) is 0 Å². The van der Waals surface area contributed by atoms with E-state index in [4.69, 9.17) is 19.7 Å². The van der Waals surface area contributed by atoms with Crippen LogP contribution in [0.2, 0.25) is 0 Å². The van der Waals surface area contributed by atoms with E-state index in [1.807, 2.05) is 0 Å². The van der Waals surface area contributed by atoms with Crippen molar-refractivity contribution in [3.63, 3.8) is 0 Å². The molecule has 0 saturated carbocycles. The maximum Gasteiger partial charge on any atom is 0.252 e. The smallest absolute Gasteiger partial charge is 0.252 e. The Hall–Kier alpha value is -1.02. The van der Waals surface area contributed by atoms with Gasteiger partial charge in [0.05, 0.1) is 19.3 Å². The number of likely N-dealkylation sites (N-methyl/N-ethyl adjacent to an activating group) is 1. The molecule has 1 rings (SSSR count).